The Labute approximate surface area is 180 Å². The molecule has 3 rings (SSSR count). The Morgan fingerprint density at radius 3 is 2.55 bits per heavy atom. The monoisotopic (exact) mass is 413 g/mol. The Morgan fingerprint density at radius 1 is 1.23 bits per heavy atom. The van der Waals surface area contributed by atoms with Gasteiger partial charge in [0.05, 0.1) is 29.1 Å². The molecule has 0 saturated carbocycles. The third kappa shape index (κ3) is 5.09. The zero-order valence-corrected chi connectivity index (χ0v) is 17.7. The molecule has 0 bridgehead atoms. The van der Waals surface area contributed by atoms with Crippen LogP contribution in [0.5, 0.6) is 0 Å². The maximum atomic E-state index is 12.6. The van der Waals surface area contributed by atoms with Crippen LogP contribution in [0.4, 0.5) is 11.6 Å². The van der Waals surface area contributed by atoms with Gasteiger partial charge in [0.1, 0.15) is 0 Å². The summed E-state index contributed by atoms with van der Waals surface area (Å²) in [4.78, 5) is 33.8. The van der Waals surface area contributed by atoms with E-state index in [4.69, 9.17) is 11.7 Å². The number of hydrogen-bond acceptors (Lipinski definition) is 5. The first-order valence-electron chi connectivity index (χ1n) is 9.74. The number of rotatable bonds is 5. The predicted molar refractivity (Wildman–Crippen MR) is 121 cm³/mol. The summed E-state index contributed by atoms with van der Waals surface area (Å²) in [7, 11) is 0. The number of fused-ring (bicyclic) bond motifs is 1. The summed E-state index contributed by atoms with van der Waals surface area (Å²) in [5, 5.41) is 12.1. The minimum absolute atomic E-state index is 0.122. The van der Waals surface area contributed by atoms with E-state index >= 15 is 0 Å². The van der Waals surface area contributed by atoms with Crippen LogP contribution in [0.1, 0.15) is 31.9 Å². The molecule has 1 heterocycles. The second-order valence-corrected chi connectivity index (χ2v) is 8.19. The molecule has 1 amide bonds. The van der Waals surface area contributed by atoms with Crippen LogP contribution in [0.25, 0.3) is 10.9 Å². The van der Waals surface area contributed by atoms with Gasteiger partial charge in [-0.1, -0.05) is 32.8 Å². The molecular weight excluding hydrogens is 390 g/mol. The lowest BCUT2D eigenvalue weighted by Gasteiger charge is -2.23. The van der Waals surface area contributed by atoms with Crippen LogP contribution < -0.4 is 15.8 Å². The van der Waals surface area contributed by atoms with Gasteiger partial charge in [-0.05, 0) is 42.0 Å². The molecule has 0 radical (unpaired) electrons. The van der Waals surface area contributed by atoms with Crippen LogP contribution in [-0.4, -0.2) is 22.4 Å². The number of benzene rings is 2. The number of nitrogens with zero attached hydrogens (tertiary/aromatic N) is 3. The molecule has 156 valence electrons. The van der Waals surface area contributed by atoms with Crippen molar-refractivity contribution in [3.8, 4) is 18.4 Å². The van der Waals surface area contributed by atoms with Gasteiger partial charge in [-0.15, -0.1) is 6.42 Å². The average Bonchev–Trinajstić information content (AvgIpc) is 2.73. The van der Waals surface area contributed by atoms with Gasteiger partial charge in [-0.25, -0.2) is 4.98 Å². The Balaban J connectivity index is 1.89. The number of carbonyl (C=O) groups excluding carboxylic acids is 1. The van der Waals surface area contributed by atoms with Crippen molar-refractivity contribution in [2.24, 2.45) is 5.41 Å². The number of carbonyl (C=O) groups is 1. The second kappa shape index (κ2) is 8.73. The highest BCUT2D eigenvalue weighted by atomic mass is 16.2. The van der Waals surface area contributed by atoms with E-state index in [9.17, 15) is 9.59 Å². The number of anilines is 2. The summed E-state index contributed by atoms with van der Waals surface area (Å²) < 4.78 is 0. The van der Waals surface area contributed by atoms with Crippen molar-refractivity contribution in [3.05, 3.63) is 63.9 Å². The number of aromatic amines is 1. The molecule has 2 N–H and O–H groups in total. The molecule has 2 aromatic carbocycles. The molecule has 31 heavy (non-hydrogen) atoms. The van der Waals surface area contributed by atoms with Gasteiger partial charge in [-0.3, -0.25) is 19.9 Å². The Morgan fingerprint density at radius 2 is 1.94 bits per heavy atom. The molecule has 0 unspecified atom stereocenters. The van der Waals surface area contributed by atoms with Crippen LogP contribution in [0.15, 0.2) is 47.3 Å². The summed E-state index contributed by atoms with van der Waals surface area (Å²) in [6.45, 7) is 6.20. The Kier molecular flexibility index (Phi) is 6.08. The maximum Gasteiger partial charge on any atom is 0.260 e. The lowest BCUT2D eigenvalue weighted by Crippen LogP contribution is -2.29. The van der Waals surface area contributed by atoms with Crippen molar-refractivity contribution in [1.82, 2.24) is 9.97 Å². The van der Waals surface area contributed by atoms with E-state index in [1.165, 1.54) is 0 Å². The van der Waals surface area contributed by atoms with Crippen LogP contribution in [-0.2, 0) is 11.3 Å². The van der Waals surface area contributed by atoms with Crippen LogP contribution in [0.3, 0.4) is 0 Å². The topological polar surface area (TPSA) is 102 Å². The first-order chi connectivity index (χ1) is 14.7. The molecule has 7 heteroatoms. The third-order valence-corrected chi connectivity index (χ3v) is 4.70. The summed E-state index contributed by atoms with van der Waals surface area (Å²) in [5.74, 6) is 2.53. The van der Waals surface area contributed by atoms with Gasteiger partial charge in [0, 0.05) is 17.6 Å². The van der Waals surface area contributed by atoms with Gasteiger partial charge in [0.2, 0.25) is 11.9 Å². The van der Waals surface area contributed by atoms with E-state index in [1.54, 1.807) is 45.0 Å². The first-order valence-corrected chi connectivity index (χ1v) is 9.74. The molecule has 0 aliphatic rings. The van der Waals surface area contributed by atoms with Crippen molar-refractivity contribution >= 4 is 28.4 Å². The lowest BCUT2D eigenvalue weighted by molar-refractivity contribution is -0.123. The van der Waals surface area contributed by atoms with Crippen molar-refractivity contribution < 1.29 is 4.79 Å². The van der Waals surface area contributed by atoms with Crippen molar-refractivity contribution in [2.45, 2.75) is 27.3 Å². The van der Waals surface area contributed by atoms with Crippen molar-refractivity contribution in [1.29, 1.82) is 5.26 Å². The molecule has 0 aliphatic heterocycles. The van der Waals surface area contributed by atoms with Crippen LogP contribution >= 0.6 is 0 Å². The van der Waals surface area contributed by atoms with Gasteiger partial charge in [-0.2, -0.15) is 5.26 Å². The highest BCUT2D eigenvalue weighted by Crippen LogP contribution is 2.20. The van der Waals surface area contributed by atoms with E-state index in [0.29, 0.717) is 29.6 Å². The fourth-order valence-electron chi connectivity index (χ4n) is 2.95. The second-order valence-electron chi connectivity index (χ2n) is 8.19. The number of H-pyrrole nitrogens is 1. The smallest absolute Gasteiger partial charge is 0.260 e. The normalized spacial score (nSPS) is 10.9. The quantitative estimate of drug-likeness (QED) is 0.624. The number of nitriles is 1. The SMILES string of the molecule is C#CCN(Cc1ccc2nc(NC(=O)C(C)(C)C)[nH]c(=O)c2c1)c1ccc(C#N)cc1. The fourth-order valence-corrected chi connectivity index (χ4v) is 2.95. The third-order valence-electron chi connectivity index (χ3n) is 4.70. The molecule has 0 spiro atoms. The van der Waals surface area contributed by atoms with Crippen LogP contribution in [0, 0.1) is 29.1 Å². The number of hydrogen-bond donors (Lipinski definition) is 2. The number of terminal acetylenes is 1. The first kappa shape index (κ1) is 21.6. The van der Waals surface area contributed by atoms with Gasteiger partial charge < -0.3 is 4.90 Å². The highest BCUT2D eigenvalue weighted by molar-refractivity contribution is 5.93. The number of amides is 1. The zero-order valence-electron chi connectivity index (χ0n) is 17.7. The largest absolute Gasteiger partial charge is 0.356 e. The lowest BCUT2D eigenvalue weighted by atomic mass is 9.96. The zero-order chi connectivity index (χ0) is 22.6. The average molecular weight is 413 g/mol. The molecule has 3 aromatic rings. The van der Waals surface area contributed by atoms with Crippen molar-refractivity contribution in [2.75, 3.05) is 16.8 Å². The van der Waals surface area contributed by atoms with Crippen molar-refractivity contribution in [3.63, 3.8) is 0 Å². The van der Waals surface area contributed by atoms with E-state index in [0.717, 1.165) is 11.3 Å². The summed E-state index contributed by atoms with van der Waals surface area (Å²) in [6.07, 6.45) is 5.53. The minimum Gasteiger partial charge on any atom is -0.356 e. The highest BCUT2D eigenvalue weighted by Gasteiger charge is 2.22. The molecule has 7 nitrogen and oxygen atoms in total. The number of aromatic nitrogens is 2. The molecule has 0 atom stereocenters. The molecule has 1 aromatic heterocycles. The van der Waals surface area contributed by atoms with Gasteiger partial charge >= 0.3 is 0 Å². The summed E-state index contributed by atoms with van der Waals surface area (Å²) >= 11 is 0. The molecule has 0 saturated heterocycles. The van der Waals surface area contributed by atoms with E-state index in [-0.39, 0.29) is 17.4 Å². The van der Waals surface area contributed by atoms with Gasteiger partial charge in [0.25, 0.3) is 5.56 Å². The fraction of sp³-hybridized carbons (Fsp3) is 0.250. The van der Waals surface area contributed by atoms with Crippen LogP contribution in [0.2, 0.25) is 0 Å². The summed E-state index contributed by atoms with van der Waals surface area (Å²) in [5.41, 5.74) is 1.87. The Bertz CT molecular complexity index is 1250. The van der Waals surface area contributed by atoms with E-state index in [2.05, 4.69) is 27.3 Å². The predicted octanol–water partition coefficient (Wildman–Crippen LogP) is 3.42. The number of nitrogens with one attached hydrogen (secondary N) is 2. The minimum atomic E-state index is -0.608. The van der Waals surface area contributed by atoms with E-state index < -0.39 is 5.41 Å². The molecule has 0 aliphatic carbocycles. The molecular formula is C24H23N5O2. The standard InChI is InChI=1S/C24H23N5O2/c1-5-12-29(18-9-6-16(14-25)7-10-18)15-17-8-11-20-19(13-17)21(30)27-23(26-20)28-22(31)24(2,3)4/h1,6-11,13H,12,15H2,2-4H3,(H2,26,27,28,30,31). The summed E-state index contributed by atoms with van der Waals surface area (Å²) in [6, 6.07) is 14.6. The van der Waals surface area contributed by atoms with E-state index in [1.807, 2.05) is 23.1 Å². The Hall–Kier alpha value is -4.10. The van der Waals surface area contributed by atoms with Gasteiger partial charge in [0.15, 0.2) is 0 Å². The molecule has 0 fully saturated rings. The maximum absolute atomic E-state index is 12.6.